The Balaban J connectivity index is 2.29. The van der Waals surface area contributed by atoms with Crippen LogP contribution in [0.4, 0.5) is 5.69 Å². The van der Waals surface area contributed by atoms with Gasteiger partial charge in [0.1, 0.15) is 11.5 Å². The number of unbranched alkanes of at least 4 members (excludes halogenated alkanes) is 1. The van der Waals surface area contributed by atoms with E-state index in [9.17, 15) is 4.79 Å². The first-order valence-corrected chi connectivity index (χ1v) is 5.64. The highest BCUT2D eigenvalue weighted by Gasteiger charge is 2.01. The first-order valence-electron chi connectivity index (χ1n) is 5.27. The minimum Gasteiger partial charge on any atom is -0.491 e. The van der Waals surface area contributed by atoms with E-state index >= 15 is 0 Å². The van der Waals surface area contributed by atoms with Gasteiger partial charge in [0, 0.05) is 11.4 Å². The molecule has 0 bridgehead atoms. The average molecular weight is 242 g/mol. The summed E-state index contributed by atoms with van der Waals surface area (Å²) in [7, 11) is 0. The van der Waals surface area contributed by atoms with E-state index in [0.717, 1.165) is 12.8 Å². The maximum atomic E-state index is 10.7. The third kappa shape index (κ3) is 4.53. The normalized spacial score (nSPS) is 10.1. The van der Waals surface area contributed by atoms with Crippen LogP contribution in [0.2, 0.25) is 5.02 Å². The van der Waals surface area contributed by atoms with Crippen molar-refractivity contribution in [1.82, 2.24) is 0 Å². The molecule has 4 heteroatoms. The number of nitrogens with two attached hydrogens (primary N) is 1. The Morgan fingerprint density at radius 1 is 1.44 bits per heavy atom. The van der Waals surface area contributed by atoms with Gasteiger partial charge < -0.3 is 15.3 Å². The SMILES string of the molecule is CC(=O)CCCCOc1ccc(Cl)cc1N. The summed E-state index contributed by atoms with van der Waals surface area (Å²) < 4.78 is 5.48. The number of ether oxygens (including phenoxy) is 1. The standard InChI is InChI=1S/C12H16ClNO2/c1-9(15)4-2-3-7-16-12-6-5-10(13)8-11(12)14/h5-6,8H,2-4,7,14H2,1H3. The van der Waals surface area contributed by atoms with Crippen LogP contribution < -0.4 is 10.5 Å². The van der Waals surface area contributed by atoms with Gasteiger partial charge in [-0.3, -0.25) is 0 Å². The highest BCUT2D eigenvalue weighted by Crippen LogP contribution is 2.24. The molecule has 0 fully saturated rings. The van der Waals surface area contributed by atoms with Crippen LogP contribution in [0.25, 0.3) is 0 Å². The smallest absolute Gasteiger partial charge is 0.142 e. The van der Waals surface area contributed by atoms with E-state index in [1.807, 2.05) is 0 Å². The number of hydrogen-bond acceptors (Lipinski definition) is 3. The fraction of sp³-hybridized carbons (Fsp3) is 0.417. The van der Waals surface area contributed by atoms with Crippen LogP contribution in [-0.2, 0) is 4.79 Å². The Bertz CT molecular complexity index is 366. The fourth-order valence-electron chi connectivity index (χ4n) is 1.31. The Kier molecular flexibility index (Phi) is 5.12. The molecule has 0 saturated carbocycles. The topological polar surface area (TPSA) is 52.3 Å². The average Bonchev–Trinajstić information content (AvgIpc) is 2.20. The summed E-state index contributed by atoms with van der Waals surface area (Å²) in [6.45, 7) is 2.16. The lowest BCUT2D eigenvalue weighted by molar-refractivity contribution is -0.117. The fourth-order valence-corrected chi connectivity index (χ4v) is 1.49. The van der Waals surface area contributed by atoms with Crippen molar-refractivity contribution in [3.05, 3.63) is 23.2 Å². The quantitative estimate of drug-likeness (QED) is 0.615. The zero-order chi connectivity index (χ0) is 12.0. The molecule has 0 spiro atoms. The van der Waals surface area contributed by atoms with E-state index < -0.39 is 0 Å². The highest BCUT2D eigenvalue weighted by molar-refractivity contribution is 6.30. The highest BCUT2D eigenvalue weighted by atomic mass is 35.5. The molecule has 0 radical (unpaired) electrons. The molecule has 0 unspecified atom stereocenters. The number of rotatable bonds is 6. The third-order valence-corrected chi connectivity index (χ3v) is 2.39. The van der Waals surface area contributed by atoms with Crippen LogP contribution in [0, 0.1) is 0 Å². The number of anilines is 1. The zero-order valence-corrected chi connectivity index (χ0v) is 10.1. The second-order valence-electron chi connectivity index (χ2n) is 3.69. The summed E-state index contributed by atoms with van der Waals surface area (Å²) in [6.07, 6.45) is 2.31. The van der Waals surface area contributed by atoms with Crippen LogP contribution in [0.1, 0.15) is 26.2 Å². The van der Waals surface area contributed by atoms with Gasteiger partial charge in [-0.15, -0.1) is 0 Å². The van der Waals surface area contributed by atoms with Crippen molar-refractivity contribution in [2.75, 3.05) is 12.3 Å². The molecule has 0 aliphatic rings. The summed E-state index contributed by atoms with van der Waals surface area (Å²) in [6, 6.07) is 5.15. The number of nitrogen functional groups attached to an aromatic ring is 1. The summed E-state index contributed by atoms with van der Waals surface area (Å²) in [5, 5.41) is 0.599. The maximum absolute atomic E-state index is 10.7. The minimum atomic E-state index is 0.214. The zero-order valence-electron chi connectivity index (χ0n) is 9.33. The summed E-state index contributed by atoms with van der Waals surface area (Å²) in [5.41, 5.74) is 6.26. The number of Topliss-reactive ketones (excluding diaryl/α,β-unsaturated/α-hetero) is 1. The van der Waals surface area contributed by atoms with E-state index in [1.165, 1.54) is 0 Å². The van der Waals surface area contributed by atoms with Crippen LogP contribution >= 0.6 is 11.6 Å². The Hall–Kier alpha value is -1.22. The predicted molar refractivity (Wildman–Crippen MR) is 65.9 cm³/mol. The first kappa shape index (κ1) is 12.8. The molecule has 1 aromatic carbocycles. The van der Waals surface area contributed by atoms with Gasteiger partial charge in [0.15, 0.2) is 0 Å². The molecule has 0 aliphatic carbocycles. The number of carbonyl (C=O) groups excluding carboxylic acids is 1. The van der Waals surface area contributed by atoms with E-state index in [2.05, 4.69) is 0 Å². The molecule has 0 aromatic heterocycles. The summed E-state index contributed by atoms with van der Waals surface area (Å²) in [4.78, 5) is 10.7. The lowest BCUT2D eigenvalue weighted by atomic mass is 10.2. The molecule has 0 aliphatic heterocycles. The van der Waals surface area contributed by atoms with Crippen LogP contribution in [0.5, 0.6) is 5.75 Å². The summed E-state index contributed by atoms with van der Waals surface area (Å²) in [5.74, 6) is 0.859. The molecule has 3 nitrogen and oxygen atoms in total. The van der Waals surface area contributed by atoms with Crippen molar-refractivity contribution in [1.29, 1.82) is 0 Å². The van der Waals surface area contributed by atoms with Gasteiger partial charge in [0.25, 0.3) is 0 Å². The van der Waals surface area contributed by atoms with Crippen LogP contribution in [0.3, 0.4) is 0 Å². The van der Waals surface area contributed by atoms with Gasteiger partial charge >= 0.3 is 0 Å². The number of hydrogen-bond donors (Lipinski definition) is 1. The molecule has 0 heterocycles. The van der Waals surface area contributed by atoms with Gasteiger partial charge in [-0.25, -0.2) is 0 Å². The van der Waals surface area contributed by atoms with Crippen LogP contribution in [-0.4, -0.2) is 12.4 Å². The second kappa shape index (κ2) is 6.38. The van der Waals surface area contributed by atoms with Gasteiger partial charge in [-0.2, -0.15) is 0 Å². The Labute approximate surface area is 101 Å². The molecular formula is C12H16ClNO2. The van der Waals surface area contributed by atoms with Crippen molar-refractivity contribution in [3.8, 4) is 5.75 Å². The molecule has 2 N–H and O–H groups in total. The predicted octanol–water partition coefficient (Wildman–Crippen LogP) is 3.06. The summed E-state index contributed by atoms with van der Waals surface area (Å²) >= 11 is 5.76. The number of benzene rings is 1. The molecule has 0 amide bonds. The third-order valence-electron chi connectivity index (χ3n) is 2.15. The minimum absolute atomic E-state index is 0.214. The number of halogens is 1. The number of ketones is 1. The van der Waals surface area contributed by atoms with E-state index in [4.69, 9.17) is 22.1 Å². The van der Waals surface area contributed by atoms with E-state index in [1.54, 1.807) is 25.1 Å². The van der Waals surface area contributed by atoms with E-state index in [-0.39, 0.29) is 5.78 Å². The monoisotopic (exact) mass is 241 g/mol. The Morgan fingerprint density at radius 3 is 2.81 bits per heavy atom. The second-order valence-corrected chi connectivity index (χ2v) is 4.13. The molecule has 88 valence electrons. The molecule has 1 aromatic rings. The van der Waals surface area contributed by atoms with Gasteiger partial charge in [-0.1, -0.05) is 11.6 Å². The maximum Gasteiger partial charge on any atom is 0.142 e. The van der Waals surface area contributed by atoms with Crippen molar-refractivity contribution in [2.24, 2.45) is 0 Å². The van der Waals surface area contributed by atoms with Gasteiger partial charge in [0.05, 0.1) is 12.3 Å². The van der Waals surface area contributed by atoms with Crippen molar-refractivity contribution >= 4 is 23.1 Å². The van der Waals surface area contributed by atoms with Crippen LogP contribution in [0.15, 0.2) is 18.2 Å². The lowest BCUT2D eigenvalue weighted by Gasteiger charge is -2.08. The van der Waals surface area contributed by atoms with Gasteiger partial charge in [0.2, 0.25) is 0 Å². The van der Waals surface area contributed by atoms with Crippen molar-refractivity contribution in [2.45, 2.75) is 26.2 Å². The molecule has 0 atom stereocenters. The molecular weight excluding hydrogens is 226 g/mol. The molecule has 16 heavy (non-hydrogen) atoms. The first-order chi connectivity index (χ1) is 7.59. The van der Waals surface area contributed by atoms with Crippen molar-refractivity contribution < 1.29 is 9.53 Å². The van der Waals surface area contributed by atoms with E-state index in [0.29, 0.717) is 29.5 Å². The molecule has 1 rings (SSSR count). The number of carbonyl (C=O) groups is 1. The Morgan fingerprint density at radius 2 is 2.19 bits per heavy atom. The van der Waals surface area contributed by atoms with Gasteiger partial charge in [-0.05, 0) is 38.0 Å². The lowest BCUT2D eigenvalue weighted by Crippen LogP contribution is -2.01. The molecule has 0 saturated heterocycles. The largest absolute Gasteiger partial charge is 0.491 e. The van der Waals surface area contributed by atoms with Crippen molar-refractivity contribution in [3.63, 3.8) is 0 Å².